The average Bonchev–Trinajstić information content (AvgIpc) is 2.90. The van der Waals surface area contributed by atoms with Gasteiger partial charge in [-0.15, -0.1) is 0 Å². The predicted molar refractivity (Wildman–Crippen MR) is 90.6 cm³/mol. The van der Waals surface area contributed by atoms with Crippen LogP contribution in [0.5, 0.6) is 0 Å². The summed E-state index contributed by atoms with van der Waals surface area (Å²) in [6.07, 6.45) is 0.724. The Hall–Kier alpha value is -2.88. The van der Waals surface area contributed by atoms with E-state index >= 15 is 0 Å². The van der Waals surface area contributed by atoms with Crippen molar-refractivity contribution in [3.63, 3.8) is 0 Å². The lowest BCUT2D eigenvalue weighted by atomic mass is 9.86. The van der Waals surface area contributed by atoms with E-state index in [9.17, 15) is 28.0 Å². The summed E-state index contributed by atoms with van der Waals surface area (Å²) in [6, 6.07) is -0.696. The second-order valence-corrected chi connectivity index (χ2v) is 7.49. The number of anilines is 1. The van der Waals surface area contributed by atoms with Crippen LogP contribution in [0.2, 0.25) is 0 Å². The van der Waals surface area contributed by atoms with E-state index < -0.39 is 46.9 Å². The molecule has 2 N–H and O–H groups in total. The molecular formula is C18H16F2N4O4. The second-order valence-electron chi connectivity index (χ2n) is 7.49. The quantitative estimate of drug-likeness (QED) is 0.686. The number of piperazine rings is 1. The number of imide groups is 2. The topological polar surface area (TPSA) is 98.8 Å². The van der Waals surface area contributed by atoms with Crippen LogP contribution in [0.25, 0.3) is 0 Å². The highest BCUT2D eigenvalue weighted by molar-refractivity contribution is 6.25. The van der Waals surface area contributed by atoms with Gasteiger partial charge in [-0.25, -0.2) is 8.78 Å². The van der Waals surface area contributed by atoms with Crippen molar-refractivity contribution in [3.05, 3.63) is 28.8 Å². The van der Waals surface area contributed by atoms with Gasteiger partial charge in [0.15, 0.2) is 0 Å². The molecule has 4 heterocycles. The molecule has 0 spiro atoms. The van der Waals surface area contributed by atoms with E-state index in [2.05, 4.69) is 10.6 Å². The summed E-state index contributed by atoms with van der Waals surface area (Å²) >= 11 is 0. The summed E-state index contributed by atoms with van der Waals surface area (Å²) < 4.78 is 29.3. The fourth-order valence-electron chi connectivity index (χ4n) is 4.67. The molecule has 0 saturated carbocycles. The minimum absolute atomic E-state index is 0.0460. The summed E-state index contributed by atoms with van der Waals surface area (Å²) in [5.41, 5.74) is -0.917. The highest BCUT2D eigenvalue weighted by Crippen LogP contribution is 2.43. The molecule has 4 aliphatic heterocycles. The van der Waals surface area contributed by atoms with Crippen LogP contribution in [0.15, 0.2) is 6.07 Å². The number of carbonyl (C=O) groups is 4. The second kappa shape index (κ2) is 5.81. The lowest BCUT2D eigenvalue weighted by Crippen LogP contribution is -2.68. The molecule has 28 heavy (non-hydrogen) atoms. The van der Waals surface area contributed by atoms with E-state index in [-0.39, 0.29) is 36.2 Å². The zero-order valence-electron chi connectivity index (χ0n) is 14.6. The van der Waals surface area contributed by atoms with Crippen molar-refractivity contribution in [2.24, 2.45) is 0 Å². The first-order chi connectivity index (χ1) is 13.4. The van der Waals surface area contributed by atoms with E-state index in [1.165, 1.54) is 0 Å². The molecule has 3 fully saturated rings. The van der Waals surface area contributed by atoms with Gasteiger partial charge in [0.05, 0.1) is 16.8 Å². The maximum absolute atomic E-state index is 14.8. The molecular weight excluding hydrogens is 374 g/mol. The molecule has 1 aromatic rings. The van der Waals surface area contributed by atoms with Gasteiger partial charge in [-0.3, -0.25) is 29.4 Å². The number of amides is 4. The number of fused-ring (bicyclic) bond motifs is 3. The Kier molecular flexibility index (Phi) is 3.57. The smallest absolute Gasteiger partial charge is 0.265 e. The summed E-state index contributed by atoms with van der Waals surface area (Å²) in [5, 5.41) is 5.27. The maximum Gasteiger partial charge on any atom is 0.265 e. The molecule has 3 atom stereocenters. The van der Waals surface area contributed by atoms with Gasteiger partial charge in [-0.1, -0.05) is 0 Å². The zero-order valence-corrected chi connectivity index (χ0v) is 14.6. The van der Waals surface area contributed by atoms with E-state index in [1.54, 1.807) is 4.90 Å². The Bertz CT molecular complexity index is 951. The number of rotatable bonds is 2. The van der Waals surface area contributed by atoms with Crippen LogP contribution in [-0.4, -0.2) is 59.7 Å². The van der Waals surface area contributed by atoms with Gasteiger partial charge in [0.1, 0.15) is 17.7 Å². The molecule has 3 saturated heterocycles. The van der Waals surface area contributed by atoms with Gasteiger partial charge < -0.3 is 10.2 Å². The van der Waals surface area contributed by atoms with Gasteiger partial charge >= 0.3 is 0 Å². The van der Waals surface area contributed by atoms with Crippen molar-refractivity contribution < 1.29 is 28.0 Å². The number of piperidine rings is 2. The fraction of sp³-hybridized carbons (Fsp3) is 0.444. The molecule has 4 aliphatic rings. The van der Waals surface area contributed by atoms with Crippen molar-refractivity contribution in [2.45, 2.75) is 37.4 Å². The number of benzene rings is 1. The SMILES string of the molecule is O=C1CCC(N2C(=O)c3c(F)cc(F)c(N4C5CNCC4C5)c3C2=O)C(=O)N1. The summed E-state index contributed by atoms with van der Waals surface area (Å²) in [7, 11) is 0. The third kappa shape index (κ3) is 2.17. The normalized spacial score (nSPS) is 29.0. The predicted octanol–water partition coefficient (Wildman–Crippen LogP) is -0.0835. The lowest BCUT2D eigenvalue weighted by Gasteiger charge is -2.54. The van der Waals surface area contributed by atoms with E-state index in [0.29, 0.717) is 24.1 Å². The molecule has 2 bridgehead atoms. The number of nitrogens with one attached hydrogen (secondary N) is 2. The van der Waals surface area contributed by atoms with Gasteiger partial charge in [-0.2, -0.15) is 0 Å². The fourth-order valence-corrected chi connectivity index (χ4v) is 4.67. The third-order valence-corrected chi connectivity index (χ3v) is 5.94. The van der Waals surface area contributed by atoms with Gasteiger partial charge in [-0.05, 0) is 12.8 Å². The van der Waals surface area contributed by atoms with Crippen molar-refractivity contribution in [3.8, 4) is 0 Å². The van der Waals surface area contributed by atoms with Crippen LogP contribution in [0, 0.1) is 11.6 Å². The van der Waals surface area contributed by atoms with Crippen molar-refractivity contribution in [1.82, 2.24) is 15.5 Å². The first kappa shape index (κ1) is 17.2. The minimum atomic E-state index is -1.22. The van der Waals surface area contributed by atoms with Gasteiger partial charge in [0.2, 0.25) is 11.8 Å². The molecule has 10 heteroatoms. The maximum atomic E-state index is 14.8. The molecule has 1 aromatic carbocycles. The Labute approximate surface area is 157 Å². The van der Waals surface area contributed by atoms with Crippen LogP contribution in [0.3, 0.4) is 0 Å². The summed E-state index contributed by atoms with van der Waals surface area (Å²) in [4.78, 5) is 51.9. The van der Waals surface area contributed by atoms with Crippen LogP contribution in [0.4, 0.5) is 14.5 Å². The first-order valence-electron chi connectivity index (χ1n) is 9.11. The third-order valence-electron chi connectivity index (χ3n) is 5.94. The summed E-state index contributed by atoms with van der Waals surface area (Å²) in [6.45, 7) is 1.20. The summed E-state index contributed by atoms with van der Waals surface area (Å²) in [5.74, 6) is -5.21. The Morgan fingerprint density at radius 3 is 2.29 bits per heavy atom. The van der Waals surface area contributed by atoms with Crippen LogP contribution >= 0.6 is 0 Å². The monoisotopic (exact) mass is 390 g/mol. The van der Waals surface area contributed by atoms with Gasteiger partial charge in [0.25, 0.3) is 11.8 Å². The molecule has 146 valence electrons. The highest BCUT2D eigenvalue weighted by Gasteiger charge is 2.51. The van der Waals surface area contributed by atoms with E-state index in [4.69, 9.17) is 0 Å². The number of halogens is 2. The molecule has 5 rings (SSSR count). The Morgan fingerprint density at radius 2 is 1.64 bits per heavy atom. The molecule has 0 aromatic heterocycles. The van der Waals surface area contributed by atoms with Gasteiger partial charge in [0, 0.05) is 37.7 Å². The molecule has 0 radical (unpaired) electrons. The van der Waals surface area contributed by atoms with Crippen molar-refractivity contribution in [2.75, 3.05) is 18.0 Å². The largest absolute Gasteiger partial charge is 0.360 e. The van der Waals surface area contributed by atoms with E-state index in [0.717, 1.165) is 6.42 Å². The van der Waals surface area contributed by atoms with E-state index in [1.807, 2.05) is 0 Å². The van der Waals surface area contributed by atoms with Crippen molar-refractivity contribution >= 4 is 29.3 Å². The number of hydrogen-bond donors (Lipinski definition) is 2. The number of hydrogen-bond acceptors (Lipinski definition) is 6. The lowest BCUT2D eigenvalue weighted by molar-refractivity contribution is -0.136. The Morgan fingerprint density at radius 1 is 0.964 bits per heavy atom. The molecule has 0 aliphatic carbocycles. The highest BCUT2D eigenvalue weighted by atomic mass is 19.1. The number of carbonyl (C=O) groups excluding carboxylic acids is 4. The number of nitrogens with zero attached hydrogens (tertiary/aromatic N) is 2. The van der Waals surface area contributed by atoms with Crippen LogP contribution in [-0.2, 0) is 9.59 Å². The van der Waals surface area contributed by atoms with Crippen LogP contribution in [0.1, 0.15) is 40.0 Å². The standard InChI is InChI=1S/C18H16F2N4O4/c19-9-4-10(20)15(23-7-3-8(23)6-21-5-7)14-13(9)17(27)24(18(14)28)11-1-2-12(25)22-16(11)26/h4,7-8,11,21H,1-3,5-6H2,(H,22,25,26). The first-order valence-corrected chi connectivity index (χ1v) is 9.11. The van der Waals surface area contributed by atoms with Crippen LogP contribution < -0.4 is 15.5 Å². The molecule has 3 unspecified atom stereocenters. The minimum Gasteiger partial charge on any atom is -0.360 e. The molecule has 8 nitrogen and oxygen atoms in total. The Balaban J connectivity index is 1.60. The van der Waals surface area contributed by atoms with Crippen molar-refractivity contribution in [1.29, 1.82) is 0 Å². The average molecular weight is 390 g/mol. The molecule has 4 amide bonds. The zero-order chi connectivity index (χ0) is 19.7.